The molecule has 1 N–H and O–H groups in total. The zero-order valence-electron chi connectivity index (χ0n) is 9.94. The smallest absolute Gasteiger partial charge is 0.131 e. The van der Waals surface area contributed by atoms with Crippen molar-refractivity contribution in [3.63, 3.8) is 0 Å². The summed E-state index contributed by atoms with van der Waals surface area (Å²) in [5, 5.41) is 3.84. The molecule has 0 aliphatic carbocycles. The fourth-order valence-corrected chi connectivity index (χ4v) is 1.90. The summed E-state index contributed by atoms with van der Waals surface area (Å²) in [6, 6.07) is 14.2. The summed E-state index contributed by atoms with van der Waals surface area (Å²) >= 11 is 5.85. The van der Waals surface area contributed by atoms with Gasteiger partial charge in [0.15, 0.2) is 0 Å². The number of pyridine rings is 1. The third-order valence-corrected chi connectivity index (χ3v) is 2.83. The van der Waals surface area contributed by atoms with Crippen LogP contribution < -0.4 is 5.32 Å². The Morgan fingerprint density at radius 3 is 2.65 bits per heavy atom. The Morgan fingerprint density at radius 2 is 1.94 bits per heavy atom. The van der Waals surface area contributed by atoms with Gasteiger partial charge in [-0.1, -0.05) is 47.5 Å². The number of aryl methyl sites for hydroxylation is 1. The number of hydrogen-bond donors (Lipinski definition) is 1. The van der Waals surface area contributed by atoms with Gasteiger partial charge < -0.3 is 5.32 Å². The molecular weight excluding hydrogens is 232 g/mol. The minimum atomic E-state index is 0.209. The molecule has 0 saturated carbocycles. The van der Waals surface area contributed by atoms with Crippen molar-refractivity contribution in [1.82, 2.24) is 4.98 Å². The molecule has 0 fully saturated rings. The van der Waals surface area contributed by atoms with Crippen LogP contribution in [-0.2, 0) is 0 Å². The highest BCUT2D eigenvalue weighted by Gasteiger charge is 2.06. The second kappa shape index (κ2) is 5.19. The van der Waals surface area contributed by atoms with Gasteiger partial charge in [-0.2, -0.15) is 0 Å². The number of benzene rings is 1. The summed E-state index contributed by atoms with van der Waals surface area (Å²) in [6.45, 7) is 4.20. The molecule has 1 heterocycles. The SMILES string of the molecule is Cc1cccc(C(C)Nc2cccc(Cl)n2)c1. The number of rotatable bonds is 3. The van der Waals surface area contributed by atoms with Crippen LogP contribution in [-0.4, -0.2) is 4.98 Å². The van der Waals surface area contributed by atoms with Gasteiger partial charge in [-0.25, -0.2) is 4.98 Å². The number of nitrogens with zero attached hydrogens (tertiary/aromatic N) is 1. The second-order valence-corrected chi connectivity index (χ2v) is 4.51. The first kappa shape index (κ1) is 11.9. The molecule has 0 aliphatic heterocycles. The summed E-state index contributed by atoms with van der Waals surface area (Å²) in [4.78, 5) is 4.22. The van der Waals surface area contributed by atoms with E-state index in [1.54, 1.807) is 6.07 Å². The first-order chi connectivity index (χ1) is 8.15. The van der Waals surface area contributed by atoms with Gasteiger partial charge in [0.25, 0.3) is 0 Å². The summed E-state index contributed by atoms with van der Waals surface area (Å²) in [5.41, 5.74) is 2.50. The number of halogens is 1. The maximum Gasteiger partial charge on any atom is 0.131 e. The summed E-state index contributed by atoms with van der Waals surface area (Å²) in [6.07, 6.45) is 0. The highest BCUT2D eigenvalue weighted by atomic mass is 35.5. The summed E-state index contributed by atoms with van der Waals surface area (Å²) in [5.74, 6) is 0.798. The molecule has 0 amide bonds. The molecule has 1 atom stereocenters. The van der Waals surface area contributed by atoms with Crippen LogP contribution in [0.25, 0.3) is 0 Å². The van der Waals surface area contributed by atoms with Gasteiger partial charge in [0.1, 0.15) is 11.0 Å². The normalized spacial score (nSPS) is 12.2. The van der Waals surface area contributed by atoms with E-state index in [-0.39, 0.29) is 6.04 Å². The second-order valence-electron chi connectivity index (χ2n) is 4.13. The average Bonchev–Trinajstić information content (AvgIpc) is 2.29. The number of aromatic nitrogens is 1. The summed E-state index contributed by atoms with van der Waals surface area (Å²) < 4.78 is 0. The van der Waals surface area contributed by atoms with Gasteiger partial charge in [-0.05, 0) is 31.5 Å². The molecule has 88 valence electrons. The molecule has 1 aromatic carbocycles. The fraction of sp³-hybridized carbons (Fsp3) is 0.214. The Balaban J connectivity index is 2.14. The summed E-state index contributed by atoms with van der Waals surface area (Å²) in [7, 11) is 0. The van der Waals surface area contributed by atoms with Gasteiger partial charge in [-0.15, -0.1) is 0 Å². The van der Waals surface area contributed by atoms with Crippen LogP contribution >= 0.6 is 11.6 Å². The number of nitrogens with one attached hydrogen (secondary N) is 1. The Morgan fingerprint density at radius 1 is 1.18 bits per heavy atom. The molecule has 1 aromatic heterocycles. The van der Waals surface area contributed by atoms with E-state index in [1.807, 2.05) is 12.1 Å². The first-order valence-corrected chi connectivity index (χ1v) is 5.98. The van der Waals surface area contributed by atoms with E-state index in [9.17, 15) is 0 Å². The lowest BCUT2D eigenvalue weighted by Crippen LogP contribution is -2.07. The van der Waals surface area contributed by atoms with Gasteiger partial charge in [0, 0.05) is 6.04 Å². The monoisotopic (exact) mass is 246 g/mol. The fourth-order valence-electron chi connectivity index (χ4n) is 1.73. The predicted molar refractivity (Wildman–Crippen MR) is 72.5 cm³/mol. The van der Waals surface area contributed by atoms with Crippen molar-refractivity contribution >= 4 is 17.4 Å². The van der Waals surface area contributed by atoms with Crippen molar-refractivity contribution in [2.75, 3.05) is 5.32 Å². The Labute approximate surface area is 107 Å². The Bertz CT molecular complexity index is 511. The Kier molecular flexibility index (Phi) is 3.64. The van der Waals surface area contributed by atoms with Gasteiger partial charge in [0.2, 0.25) is 0 Å². The molecule has 2 nitrogen and oxygen atoms in total. The Hall–Kier alpha value is -1.54. The molecule has 3 heteroatoms. The minimum absolute atomic E-state index is 0.209. The maximum absolute atomic E-state index is 5.85. The third-order valence-electron chi connectivity index (χ3n) is 2.62. The molecule has 17 heavy (non-hydrogen) atoms. The van der Waals surface area contributed by atoms with E-state index < -0.39 is 0 Å². The zero-order chi connectivity index (χ0) is 12.3. The van der Waals surface area contributed by atoms with Crippen LogP contribution in [0.15, 0.2) is 42.5 Å². The third kappa shape index (κ3) is 3.21. The standard InChI is InChI=1S/C14H15ClN2/c1-10-5-3-6-12(9-10)11(2)16-14-8-4-7-13(15)17-14/h3-9,11H,1-2H3,(H,16,17). The molecule has 0 aliphatic rings. The van der Waals surface area contributed by atoms with Crippen molar-refractivity contribution < 1.29 is 0 Å². The van der Waals surface area contributed by atoms with Crippen molar-refractivity contribution in [3.05, 3.63) is 58.7 Å². The predicted octanol–water partition coefficient (Wildman–Crippen LogP) is 4.22. The highest BCUT2D eigenvalue weighted by Crippen LogP contribution is 2.19. The van der Waals surface area contributed by atoms with Crippen LogP contribution in [0, 0.1) is 6.92 Å². The van der Waals surface area contributed by atoms with Crippen LogP contribution in [0.5, 0.6) is 0 Å². The van der Waals surface area contributed by atoms with Crippen molar-refractivity contribution in [3.8, 4) is 0 Å². The van der Waals surface area contributed by atoms with Crippen LogP contribution in [0.1, 0.15) is 24.1 Å². The molecule has 2 rings (SSSR count). The van der Waals surface area contributed by atoms with Gasteiger partial charge in [0.05, 0.1) is 0 Å². The molecule has 0 spiro atoms. The van der Waals surface area contributed by atoms with E-state index >= 15 is 0 Å². The molecule has 2 aromatic rings. The average molecular weight is 247 g/mol. The lowest BCUT2D eigenvalue weighted by molar-refractivity contribution is 0.873. The largest absolute Gasteiger partial charge is 0.364 e. The van der Waals surface area contributed by atoms with E-state index in [2.05, 4.69) is 48.4 Å². The van der Waals surface area contributed by atoms with E-state index in [4.69, 9.17) is 11.6 Å². The molecular formula is C14H15ClN2. The van der Waals surface area contributed by atoms with E-state index in [0.717, 1.165) is 5.82 Å². The topological polar surface area (TPSA) is 24.9 Å². The zero-order valence-corrected chi connectivity index (χ0v) is 10.7. The first-order valence-electron chi connectivity index (χ1n) is 5.61. The molecule has 0 bridgehead atoms. The molecule has 0 saturated heterocycles. The van der Waals surface area contributed by atoms with E-state index in [0.29, 0.717) is 5.15 Å². The van der Waals surface area contributed by atoms with E-state index in [1.165, 1.54) is 11.1 Å². The van der Waals surface area contributed by atoms with Gasteiger partial charge >= 0.3 is 0 Å². The van der Waals surface area contributed by atoms with Crippen LogP contribution in [0.4, 0.5) is 5.82 Å². The van der Waals surface area contributed by atoms with Gasteiger partial charge in [-0.3, -0.25) is 0 Å². The van der Waals surface area contributed by atoms with Crippen LogP contribution in [0.3, 0.4) is 0 Å². The van der Waals surface area contributed by atoms with Crippen molar-refractivity contribution in [1.29, 1.82) is 0 Å². The molecule has 0 radical (unpaired) electrons. The number of anilines is 1. The maximum atomic E-state index is 5.85. The lowest BCUT2D eigenvalue weighted by atomic mass is 10.1. The number of hydrogen-bond acceptors (Lipinski definition) is 2. The highest BCUT2D eigenvalue weighted by molar-refractivity contribution is 6.29. The van der Waals surface area contributed by atoms with Crippen molar-refractivity contribution in [2.45, 2.75) is 19.9 Å². The quantitative estimate of drug-likeness (QED) is 0.821. The van der Waals surface area contributed by atoms with Crippen molar-refractivity contribution in [2.24, 2.45) is 0 Å². The molecule has 1 unspecified atom stereocenters. The lowest BCUT2D eigenvalue weighted by Gasteiger charge is -2.15. The minimum Gasteiger partial charge on any atom is -0.364 e. The van der Waals surface area contributed by atoms with Crippen LogP contribution in [0.2, 0.25) is 5.15 Å².